The molecule has 1 aliphatic rings. The molecule has 0 bridgehead atoms. The van der Waals surface area contributed by atoms with E-state index in [9.17, 15) is 9.59 Å². The van der Waals surface area contributed by atoms with Crippen LogP contribution in [-0.4, -0.2) is 42.9 Å². The molecule has 1 fully saturated rings. The zero-order valence-electron chi connectivity index (χ0n) is 20.2. The zero-order valence-corrected chi connectivity index (χ0v) is 21.7. The number of carbonyl (C=O) groups excluding carboxylic acids is 2. The van der Waals surface area contributed by atoms with E-state index < -0.39 is 0 Å². The number of anilines is 2. The molecule has 0 aliphatic carbocycles. The lowest BCUT2D eigenvalue weighted by molar-refractivity contribution is 0.0746. The summed E-state index contributed by atoms with van der Waals surface area (Å²) < 4.78 is 5.77. The van der Waals surface area contributed by atoms with Crippen LogP contribution in [0.1, 0.15) is 26.5 Å². The van der Waals surface area contributed by atoms with Gasteiger partial charge < -0.3 is 19.5 Å². The van der Waals surface area contributed by atoms with Crippen LogP contribution in [0.4, 0.5) is 11.4 Å². The Hall–Kier alpha value is -3.74. The smallest absolute Gasteiger partial charge is 0.291 e. The second-order valence-electron chi connectivity index (χ2n) is 8.92. The predicted octanol–water partition coefficient (Wildman–Crippen LogP) is 6.78. The average molecular weight is 534 g/mol. The topological polar surface area (TPSA) is 65.8 Å². The van der Waals surface area contributed by atoms with Gasteiger partial charge in [-0.05, 0) is 79.2 Å². The number of furan rings is 1. The predicted molar refractivity (Wildman–Crippen MR) is 148 cm³/mol. The van der Waals surface area contributed by atoms with Gasteiger partial charge in [0.2, 0.25) is 0 Å². The normalized spacial score (nSPS) is 13.5. The number of aryl methyl sites for hydroxylation is 1. The van der Waals surface area contributed by atoms with Crippen molar-refractivity contribution in [1.29, 1.82) is 0 Å². The molecule has 5 rings (SSSR count). The van der Waals surface area contributed by atoms with E-state index in [-0.39, 0.29) is 17.6 Å². The lowest BCUT2D eigenvalue weighted by atomic mass is 10.1. The van der Waals surface area contributed by atoms with E-state index >= 15 is 0 Å². The molecule has 1 N–H and O–H groups in total. The van der Waals surface area contributed by atoms with Crippen molar-refractivity contribution in [3.63, 3.8) is 0 Å². The number of rotatable bonds is 5. The number of hydrogen-bond acceptors (Lipinski definition) is 4. The number of carbonyl (C=O) groups is 2. The average Bonchev–Trinajstić information content (AvgIpc) is 3.42. The van der Waals surface area contributed by atoms with Crippen LogP contribution in [-0.2, 0) is 0 Å². The molecule has 2 amide bonds. The molecule has 0 unspecified atom stereocenters. The van der Waals surface area contributed by atoms with Gasteiger partial charge in [-0.15, -0.1) is 0 Å². The largest absolute Gasteiger partial charge is 0.451 e. The molecular formula is C29H25Cl2N3O3. The maximum Gasteiger partial charge on any atom is 0.291 e. The summed E-state index contributed by atoms with van der Waals surface area (Å²) in [7, 11) is 0. The minimum absolute atomic E-state index is 0.0148. The van der Waals surface area contributed by atoms with E-state index in [0.717, 1.165) is 29.9 Å². The number of benzene rings is 3. The fourth-order valence-electron chi connectivity index (χ4n) is 4.25. The molecule has 2 heterocycles. The van der Waals surface area contributed by atoms with Crippen molar-refractivity contribution in [1.82, 2.24) is 4.90 Å². The molecule has 1 aromatic heterocycles. The number of amides is 2. The summed E-state index contributed by atoms with van der Waals surface area (Å²) in [6.45, 7) is 4.65. The van der Waals surface area contributed by atoms with Gasteiger partial charge in [-0.3, -0.25) is 9.59 Å². The Morgan fingerprint density at radius 2 is 1.54 bits per heavy atom. The Morgan fingerprint density at radius 1 is 0.838 bits per heavy atom. The molecular weight excluding hydrogens is 509 g/mol. The van der Waals surface area contributed by atoms with Crippen LogP contribution >= 0.6 is 23.2 Å². The third-order valence-electron chi connectivity index (χ3n) is 6.43. The van der Waals surface area contributed by atoms with E-state index in [1.54, 1.807) is 36.4 Å². The van der Waals surface area contributed by atoms with Crippen LogP contribution in [0, 0.1) is 6.92 Å². The summed E-state index contributed by atoms with van der Waals surface area (Å²) in [5.74, 6) is 0.487. The molecule has 0 radical (unpaired) electrons. The second kappa shape index (κ2) is 10.7. The van der Waals surface area contributed by atoms with Crippen LogP contribution < -0.4 is 10.2 Å². The summed E-state index contributed by atoms with van der Waals surface area (Å²) in [5.41, 5.74) is 4.14. The minimum Gasteiger partial charge on any atom is -0.451 e. The van der Waals surface area contributed by atoms with Gasteiger partial charge in [-0.2, -0.15) is 0 Å². The van der Waals surface area contributed by atoms with Gasteiger partial charge in [0.15, 0.2) is 5.76 Å². The van der Waals surface area contributed by atoms with Crippen molar-refractivity contribution in [3.05, 3.63) is 106 Å². The van der Waals surface area contributed by atoms with Gasteiger partial charge in [0, 0.05) is 58.7 Å². The highest BCUT2D eigenvalue weighted by Gasteiger charge is 2.22. The molecule has 4 aromatic rings. The monoisotopic (exact) mass is 533 g/mol. The maximum absolute atomic E-state index is 12.7. The lowest BCUT2D eigenvalue weighted by Crippen LogP contribution is -2.48. The van der Waals surface area contributed by atoms with Crippen molar-refractivity contribution in [2.75, 3.05) is 36.4 Å². The van der Waals surface area contributed by atoms with Crippen molar-refractivity contribution in [2.24, 2.45) is 0 Å². The Labute approximate surface area is 225 Å². The van der Waals surface area contributed by atoms with Crippen LogP contribution in [0.3, 0.4) is 0 Å². The Bertz CT molecular complexity index is 1420. The van der Waals surface area contributed by atoms with Gasteiger partial charge >= 0.3 is 0 Å². The SMILES string of the molecule is Cc1ccc(-c2ccc(C(=O)Nc3ccc(N4CCN(C(=O)c5ccc(Cl)cc5)CC4)cc3)o2)cc1Cl. The molecule has 8 heteroatoms. The molecule has 6 nitrogen and oxygen atoms in total. The third-order valence-corrected chi connectivity index (χ3v) is 7.09. The quantitative estimate of drug-likeness (QED) is 0.307. The second-order valence-corrected chi connectivity index (χ2v) is 9.76. The van der Waals surface area contributed by atoms with Gasteiger partial charge in [-0.25, -0.2) is 0 Å². The fraction of sp³-hybridized carbons (Fsp3) is 0.172. The van der Waals surface area contributed by atoms with Crippen LogP contribution in [0.2, 0.25) is 10.0 Å². The summed E-state index contributed by atoms with van der Waals surface area (Å²) in [6, 6.07) is 23.7. The molecule has 188 valence electrons. The minimum atomic E-state index is -0.327. The molecule has 0 atom stereocenters. The van der Waals surface area contributed by atoms with Crippen molar-refractivity contribution < 1.29 is 14.0 Å². The summed E-state index contributed by atoms with van der Waals surface area (Å²) >= 11 is 12.1. The van der Waals surface area contributed by atoms with E-state index in [0.29, 0.717) is 40.1 Å². The summed E-state index contributed by atoms with van der Waals surface area (Å²) in [6.07, 6.45) is 0. The van der Waals surface area contributed by atoms with E-state index in [1.165, 1.54) is 0 Å². The molecule has 1 saturated heterocycles. The Morgan fingerprint density at radius 3 is 2.22 bits per heavy atom. The summed E-state index contributed by atoms with van der Waals surface area (Å²) in [4.78, 5) is 29.5. The van der Waals surface area contributed by atoms with E-state index in [1.807, 2.05) is 54.3 Å². The van der Waals surface area contributed by atoms with Crippen molar-refractivity contribution in [2.45, 2.75) is 6.92 Å². The number of nitrogens with zero attached hydrogens (tertiary/aromatic N) is 2. The standard InChI is InChI=1S/C29H25Cl2N3O3/c1-19-2-3-21(18-25(19)31)26-12-13-27(37-26)28(35)32-23-8-10-24(11-9-23)33-14-16-34(17-15-33)29(36)20-4-6-22(30)7-5-20/h2-13,18H,14-17H2,1H3,(H,32,35). The summed E-state index contributed by atoms with van der Waals surface area (Å²) in [5, 5.41) is 4.14. The number of halogens is 2. The third kappa shape index (κ3) is 5.66. The Balaban J connectivity index is 1.17. The molecule has 0 saturated carbocycles. The highest BCUT2D eigenvalue weighted by molar-refractivity contribution is 6.31. The van der Waals surface area contributed by atoms with Crippen molar-refractivity contribution >= 4 is 46.4 Å². The first-order valence-corrected chi connectivity index (χ1v) is 12.7. The number of nitrogens with one attached hydrogen (secondary N) is 1. The van der Waals surface area contributed by atoms with E-state index in [4.69, 9.17) is 27.6 Å². The molecule has 1 aliphatic heterocycles. The van der Waals surface area contributed by atoms with Crippen molar-refractivity contribution in [3.8, 4) is 11.3 Å². The first-order chi connectivity index (χ1) is 17.9. The molecule has 37 heavy (non-hydrogen) atoms. The fourth-order valence-corrected chi connectivity index (χ4v) is 4.56. The van der Waals surface area contributed by atoms with Gasteiger partial charge in [0.25, 0.3) is 11.8 Å². The molecule has 3 aromatic carbocycles. The van der Waals surface area contributed by atoms with Crippen LogP contribution in [0.25, 0.3) is 11.3 Å². The Kier molecular flexibility index (Phi) is 7.22. The maximum atomic E-state index is 12.7. The first-order valence-electron chi connectivity index (χ1n) is 11.9. The molecule has 0 spiro atoms. The van der Waals surface area contributed by atoms with E-state index in [2.05, 4.69) is 10.2 Å². The van der Waals surface area contributed by atoms with Crippen LogP contribution in [0.15, 0.2) is 83.3 Å². The van der Waals surface area contributed by atoms with Crippen LogP contribution in [0.5, 0.6) is 0 Å². The number of piperazine rings is 1. The number of hydrogen-bond donors (Lipinski definition) is 1. The van der Waals surface area contributed by atoms with Gasteiger partial charge in [0.05, 0.1) is 0 Å². The highest BCUT2D eigenvalue weighted by atomic mass is 35.5. The zero-order chi connectivity index (χ0) is 25.9. The van der Waals surface area contributed by atoms with Gasteiger partial charge in [-0.1, -0.05) is 35.3 Å². The first kappa shape index (κ1) is 24.9. The lowest BCUT2D eigenvalue weighted by Gasteiger charge is -2.36. The highest BCUT2D eigenvalue weighted by Crippen LogP contribution is 2.27. The van der Waals surface area contributed by atoms with Gasteiger partial charge in [0.1, 0.15) is 5.76 Å².